The molecule has 1 aromatic heterocycles. The zero-order valence-electron chi connectivity index (χ0n) is 10.4. The molecule has 1 saturated heterocycles. The SMILES string of the molecule is OCc1ccc2oc(CN3CCCCC3)nc2c1. The van der Waals surface area contributed by atoms with Gasteiger partial charge in [-0.1, -0.05) is 12.5 Å². The number of hydrogen-bond donors (Lipinski definition) is 1. The van der Waals surface area contributed by atoms with Crippen molar-refractivity contribution in [1.29, 1.82) is 0 Å². The van der Waals surface area contributed by atoms with Gasteiger partial charge >= 0.3 is 0 Å². The molecule has 3 rings (SSSR count). The molecule has 0 unspecified atom stereocenters. The molecule has 1 fully saturated rings. The lowest BCUT2D eigenvalue weighted by molar-refractivity contribution is 0.203. The van der Waals surface area contributed by atoms with Crippen molar-refractivity contribution in [3.05, 3.63) is 29.7 Å². The fourth-order valence-corrected chi connectivity index (χ4v) is 2.50. The summed E-state index contributed by atoms with van der Waals surface area (Å²) >= 11 is 0. The van der Waals surface area contributed by atoms with E-state index in [1.165, 1.54) is 19.3 Å². The zero-order valence-corrected chi connectivity index (χ0v) is 10.4. The molecule has 2 aromatic rings. The predicted molar refractivity (Wildman–Crippen MR) is 69.1 cm³/mol. The van der Waals surface area contributed by atoms with Crippen LogP contribution in [-0.4, -0.2) is 28.1 Å². The largest absolute Gasteiger partial charge is 0.439 e. The Morgan fingerprint density at radius 1 is 1.22 bits per heavy atom. The van der Waals surface area contributed by atoms with Crippen molar-refractivity contribution in [2.75, 3.05) is 13.1 Å². The van der Waals surface area contributed by atoms with Crippen LogP contribution < -0.4 is 0 Å². The molecule has 0 amide bonds. The van der Waals surface area contributed by atoms with Crippen LogP contribution in [0, 0.1) is 0 Å². The number of nitrogens with zero attached hydrogens (tertiary/aromatic N) is 2. The Kier molecular flexibility index (Phi) is 3.30. The van der Waals surface area contributed by atoms with E-state index < -0.39 is 0 Å². The van der Waals surface area contributed by atoms with Crippen LogP contribution in [0.2, 0.25) is 0 Å². The highest BCUT2D eigenvalue weighted by Crippen LogP contribution is 2.19. The molecule has 18 heavy (non-hydrogen) atoms. The quantitative estimate of drug-likeness (QED) is 0.902. The maximum absolute atomic E-state index is 9.10. The molecule has 0 radical (unpaired) electrons. The summed E-state index contributed by atoms with van der Waals surface area (Å²) < 4.78 is 5.74. The van der Waals surface area contributed by atoms with Crippen LogP contribution in [0.5, 0.6) is 0 Å². The second kappa shape index (κ2) is 5.08. The molecular weight excluding hydrogens is 228 g/mol. The van der Waals surface area contributed by atoms with Crippen LogP contribution in [0.25, 0.3) is 11.1 Å². The van der Waals surface area contributed by atoms with E-state index in [2.05, 4.69) is 9.88 Å². The Morgan fingerprint density at radius 2 is 2.06 bits per heavy atom. The van der Waals surface area contributed by atoms with Crippen molar-refractivity contribution in [3.8, 4) is 0 Å². The van der Waals surface area contributed by atoms with Crippen molar-refractivity contribution < 1.29 is 9.52 Å². The van der Waals surface area contributed by atoms with Crippen molar-refractivity contribution in [3.63, 3.8) is 0 Å². The first kappa shape index (κ1) is 11.7. The highest BCUT2D eigenvalue weighted by molar-refractivity contribution is 5.73. The maximum Gasteiger partial charge on any atom is 0.209 e. The molecule has 96 valence electrons. The standard InChI is InChI=1S/C14H18N2O2/c17-10-11-4-5-13-12(8-11)15-14(18-13)9-16-6-2-1-3-7-16/h4-5,8,17H,1-3,6-7,9-10H2. The first-order valence-corrected chi connectivity index (χ1v) is 6.57. The highest BCUT2D eigenvalue weighted by atomic mass is 16.3. The fraction of sp³-hybridized carbons (Fsp3) is 0.500. The molecular formula is C14H18N2O2. The molecule has 0 bridgehead atoms. The van der Waals surface area contributed by atoms with Gasteiger partial charge in [0.25, 0.3) is 0 Å². The van der Waals surface area contributed by atoms with Gasteiger partial charge in [0.1, 0.15) is 5.52 Å². The summed E-state index contributed by atoms with van der Waals surface area (Å²) in [5.41, 5.74) is 2.52. The van der Waals surface area contributed by atoms with Crippen LogP contribution in [0.3, 0.4) is 0 Å². The van der Waals surface area contributed by atoms with Gasteiger partial charge in [-0.15, -0.1) is 0 Å². The summed E-state index contributed by atoms with van der Waals surface area (Å²) in [7, 11) is 0. The van der Waals surface area contributed by atoms with Gasteiger partial charge in [-0.3, -0.25) is 4.90 Å². The average molecular weight is 246 g/mol. The smallest absolute Gasteiger partial charge is 0.209 e. The third kappa shape index (κ3) is 2.40. The molecule has 1 aliphatic heterocycles. The van der Waals surface area contributed by atoms with Gasteiger partial charge < -0.3 is 9.52 Å². The second-order valence-electron chi connectivity index (χ2n) is 4.90. The van der Waals surface area contributed by atoms with E-state index in [0.29, 0.717) is 0 Å². The number of oxazole rings is 1. The fourth-order valence-electron chi connectivity index (χ4n) is 2.50. The molecule has 4 heteroatoms. The number of aromatic nitrogens is 1. The number of rotatable bonds is 3. The van der Waals surface area contributed by atoms with Crippen LogP contribution >= 0.6 is 0 Å². The van der Waals surface area contributed by atoms with Gasteiger partial charge in [-0.2, -0.15) is 0 Å². The topological polar surface area (TPSA) is 49.5 Å². The molecule has 0 spiro atoms. The second-order valence-corrected chi connectivity index (χ2v) is 4.90. The van der Waals surface area contributed by atoms with E-state index in [4.69, 9.17) is 9.52 Å². The van der Waals surface area contributed by atoms with E-state index in [0.717, 1.165) is 42.2 Å². The molecule has 4 nitrogen and oxygen atoms in total. The summed E-state index contributed by atoms with van der Waals surface area (Å²) in [5.74, 6) is 0.780. The van der Waals surface area contributed by atoms with Crippen LogP contribution in [0.4, 0.5) is 0 Å². The van der Waals surface area contributed by atoms with Crippen LogP contribution in [-0.2, 0) is 13.2 Å². The Labute approximate surface area is 106 Å². The van der Waals surface area contributed by atoms with Gasteiger partial charge in [0.2, 0.25) is 5.89 Å². The van der Waals surface area contributed by atoms with E-state index in [9.17, 15) is 0 Å². The first-order valence-electron chi connectivity index (χ1n) is 6.57. The van der Waals surface area contributed by atoms with Gasteiger partial charge in [-0.25, -0.2) is 4.98 Å². The number of piperidine rings is 1. The first-order chi connectivity index (χ1) is 8.85. The Hall–Kier alpha value is -1.39. The maximum atomic E-state index is 9.10. The van der Waals surface area contributed by atoms with Crippen molar-refractivity contribution >= 4 is 11.1 Å². The molecule has 2 heterocycles. The molecule has 0 atom stereocenters. The number of aliphatic hydroxyl groups is 1. The summed E-state index contributed by atoms with van der Waals surface area (Å²) in [4.78, 5) is 6.89. The van der Waals surface area contributed by atoms with Crippen molar-refractivity contribution in [1.82, 2.24) is 9.88 Å². The minimum Gasteiger partial charge on any atom is -0.439 e. The average Bonchev–Trinajstić information content (AvgIpc) is 2.80. The third-order valence-electron chi connectivity index (χ3n) is 3.49. The molecule has 1 aromatic carbocycles. The summed E-state index contributed by atoms with van der Waals surface area (Å²) in [6, 6.07) is 5.64. The van der Waals surface area contributed by atoms with Crippen molar-refractivity contribution in [2.24, 2.45) is 0 Å². The van der Waals surface area contributed by atoms with E-state index in [1.54, 1.807) is 0 Å². The summed E-state index contributed by atoms with van der Waals surface area (Å²) in [6.45, 7) is 3.12. The monoisotopic (exact) mass is 246 g/mol. The lowest BCUT2D eigenvalue weighted by Gasteiger charge is -2.24. The van der Waals surface area contributed by atoms with Crippen LogP contribution in [0.1, 0.15) is 30.7 Å². The zero-order chi connectivity index (χ0) is 12.4. The molecule has 1 N–H and O–H groups in total. The summed E-state index contributed by atoms with van der Waals surface area (Å²) in [6.07, 6.45) is 3.88. The summed E-state index contributed by atoms with van der Waals surface area (Å²) in [5, 5.41) is 9.10. The minimum absolute atomic E-state index is 0.0459. The van der Waals surface area contributed by atoms with Gasteiger partial charge in [0.15, 0.2) is 5.58 Å². The number of aliphatic hydroxyl groups excluding tert-OH is 1. The van der Waals surface area contributed by atoms with Crippen molar-refractivity contribution in [2.45, 2.75) is 32.4 Å². The lowest BCUT2D eigenvalue weighted by Crippen LogP contribution is -2.29. The number of benzene rings is 1. The van der Waals surface area contributed by atoms with Crippen LogP contribution in [0.15, 0.2) is 22.6 Å². The number of fused-ring (bicyclic) bond motifs is 1. The molecule has 0 saturated carbocycles. The van der Waals surface area contributed by atoms with Gasteiger partial charge in [0, 0.05) is 0 Å². The number of hydrogen-bond acceptors (Lipinski definition) is 4. The normalized spacial score (nSPS) is 17.4. The third-order valence-corrected chi connectivity index (χ3v) is 3.49. The highest BCUT2D eigenvalue weighted by Gasteiger charge is 2.14. The van der Waals surface area contributed by atoms with Gasteiger partial charge in [0.05, 0.1) is 13.2 Å². The Bertz CT molecular complexity index is 530. The van der Waals surface area contributed by atoms with E-state index >= 15 is 0 Å². The Balaban J connectivity index is 1.79. The molecule has 1 aliphatic rings. The lowest BCUT2D eigenvalue weighted by atomic mass is 10.1. The predicted octanol–water partition coefficient (Wildman–Crippen LogP) is 2.31. The molecule has 0 aliphatic carbocycles. The number of likely N-dealkylation sites (tertiary alicyclic amines) is 1. The van der Waals surface area contributed by atoms with E-state index in [-0.39, 0.29) is 6.61 Å². The Morgan fingerprint density at radius 3 is 2.83 bits per heavy atom. The van der Waals surface area contributed by atoms with E-state index in [1.807, 2.05) is 18.2 Å². The minimum atomic E-state index is 0.0459. The van der Waals surface area contributed by atoms with Gasteiger partial charge in [-0.05, 0) is 43.6 Å².